The van der Waals surface area contributed by atoms with Crippen LogP contribution >= 0.6 is 11.6 Å². The van der Waals surface area contributed by atoms with E-state index in [-0.39, 0.29) is 22.5 Å². The topological polar surface area (TPSA) is 173 Å². The van der Waals surface area contributed by atoms with Crippen LogP contribution in [-0.4, -0.2) is 45.2 Å². The van der Waals surface area contributed by atoms with E-state index < -0.39 is 6.10 Å². The SMILES string of the molecule is CC(C)(C)c1cc(C(O)CCCN)ccc1Cl.CC(C)(C)c1cc2cn(-c3ccc(CNCCCN=C(N)N)cc3)c(=O)nc2[nH]1. The van der Waals surface area contributed by atoms with E-state index in [0.29, 0.717) is 25.2 Å². The molecule has 2 aromatic carbocycles. The number of halogens is 1. The molecule has 2 heterocycles. The number of fused-ring (bicyclic) bond motifs is 1. The lowest BCUT2D eigenvalue weighted by molar-refractivity contribution is 0.165. The molecule has 10 nitrogen and oxygen atoms in total. The summed E-state index contributed by atoms with van der Waals surface area (Å²) < 4.78 is 1.58. The third-order valence-electron chi connectivity index (χ3n) is 7.53. The van der Waals surface area contributed by atoms with Gasteiger partial charge in [-0.25, -0.2) is 4.79 Å². The lowest BCUT2D eigenvalue weighted by atomic mass is 9.85. The fraction of sp³-hybridized carbons (Fsp3) is 0.457. The van der Waals surface area contributed by atoms with Crippen molar-refractivity contribution in [1.29, 1.82) is 0 Å². The van der Waals surface area contributed by atoms with Crippen LogP contribution in [0.1, 0.15) is 89.3 Å². The smallest absolute Gasteiger partial charge is 0.354 e. The Bertz CT molecular complexity index is 1640. The normalized spacial score (nSPS) is 12.5. The molecule has 0 saturated heterocycles. The number of benzene rings is 2. The van der Waals surface area contributed by atoms with Crippen LogP contribution in [0.15, 0.2) is 64.5 Å². The predicted molar refractivity (Wildman–Crippen MR) is 191 cm³/mol. The van der Waals surface area contributed by atoms with Crippen molar-refractivity contribution >= 4 is 28.6 Å². The van der Waals surface area contributed by atoms with Crippen molar-refractivity contribution in [1.82, 2.24) is 19.9 Å². The standard InChI is InChI=1S/C21H29N7O.C14H22ClNO/c1-21(2,3)17-11-15-13-28(20(29)27-18(15)26-17)16-7-5-14(6-8-16)12-24-9-4-10-25-19(22)23;1-14(2,3)11-9-10(6-7-12(11)15)13(17)5-4-8-16/h5-8,11,13,24H,4,9-10,12H2,1-3H3,(H4,22,23,25)(H,26,27,29);6-7,9,13,17H,4-5,8,16H2,1-3H3. The molecule has 0 amide bonds. The van der Waals surface area contributed by atoms with Gasteiger partial charge in [0.05, 0.1) is 11.8 Å². The molecule has 4 rings (SSSR count). The van der Waals surface area contributed by atoms with Crippen molar-refractivity contribution in [2.75, 3.05) is 19.6 Å². The average molecular weight is 651 g/mol. The van der Waals surface area contributed by atoms with Gasteiger partial charge in [0.15, 0.2) is 5.96 Å². The molecule has 0 aliphatic rings. The maximum absolute atomic E-state index is 12.5. The van der Waals surface area contributed by atoms with Crippen LogP contribution in [0.3, 0.4) is 0 Å². The van der Waals surface area contributed by atoms with E-state index in [9.17, 15) is 9.90 Å². The van der Waals surface area contributed by atoms with Gasteiger partial charge in [0, 0.05) is 40.8 Å². The molecule has 0 fully saturated rings. The van der Waals surface area contributed by atoms with Gasteiger partial charge in [-0.05, 0) is 78.7 Å². The van der Waals surface area contributed by atoms with Gasteiger partial charge in [-0.2, -0.15) is 4.98 Å². The Morgan fingerprint density at radius 1 is 1.04 bits per heavy atom. The number of aliphatic hydroxyl groups excluding tert-OH is 1. The van der Waals surface area contributed by atoms with Crippen molar-refractivity contribution in [2.45, 2.75) is 84.3 Å². The first-order valence-corrected chi connectivity index (χ1v) is 16.1. The Morgan fingerprint density at radius 2 is 1.74 bits per heavy atom. The van der Waals surface area contributed by atoms with Crippen molar-refractivity contribution in [2.24, 2.45) is 22.2 Å². The van der Waals surface area contributed by atoms with Crippen LogP contribution in [0, 0.1) is 0 Å². The Hall–Kier alpha value is -3.70. The van der Waals surface area contributed by atoms with E-state index in [0.717, 1.165) is 64.4 Å². The molecule has 1 atom stereocenters. The highest BCUT2D eigenvalue weighted by Gasteiger charge is 2.20. The van der Waals surface area contributed by atoms with Crippen molar-refractivity contribution < 1.29 is 5.11 Å². The largest absolute Gasteiger partial charge is 0.388 e. The lowest BCUT2D eigenvalue weighted by Crippen LogP contribution is -2.23. The van der Waals surface area contributed by atoms with E-state index in [2.05, 4.69) is 67.9 Å². The third kappa shape index (κ3) is 10.7. The van der Waals surface area contributed by atoms with Crippen molar-refractivity contribution in [3.63, 3.8) is 0 Å². The summed E-state index contributed by atoms with van der Waals surface area (Å²) in [5, 5.41) is 15.1. The van der Waals surface area contributed by atoms with E-state index >= 15 is 0 Å². The van der Waals surface area contributed by atoms with Crippen LogP contribution in [0.2, 0.25) is 5.02 Å². The van der Waals surface area contributed by atoms with Crippen LogP contribution in [0.5, 0.6) is 0 Å². The van der Waals surface area contributed by atoms with Crippen LogP contribution in [0.4, 0.5) is 0 Å². The molecule has 250 valence electrons. The Morgan fingerprint density at radius 3 is 2.35 bits per heavy atom. The number of rotatable bonds is 11. The first-order valence-electron chi connectivity index (χ1n) is 15.8. The highest BCUT2D eigenvalue weighted by atomic mass is 35.5. The zero-order valence-electron chi connectivity index (χ0n) is 28.0. The number of aliphatic hydroxyl groups is 1. The van der Waals surface area contributed by atoms with Crippen molar-refractivity contribution in [3.05, 3.63) is 92.6 Å². The second-order valence-corrected chi connectivity index (χ2v) is 14.0. The van der Waals surface area contributed by atoms with Gasteiger partial charge < -0.3 is 32.6 Å². The van der Waals surface area contributed by atoms with Crippen LogP contribution in [0.25, 0.3) is 16.7 Å². The lowest BCUT2D eigenvalue weighted by Gasteiger charge is -2.22. The van der Waals surface area contributed by atoms with E-state index in [4.69, 9.17) is 28.8 Å². The molecule has 0 aliphatic heterocycles. The Balaban J connectivity index is 0.000000289. The molecule has 0 bridgehead atoms. The molecule has 2 aromatic heterocycles. The maximum atomic E-state index is 12.5. The van der Waals surface area contributed by atoms with Gasteiger partial charge in [0.25, 0.3) is 0 Å². The summed E-state index contributed by atoms with van der Waals surface area (Å²) in [5.41, 5.74) is 21.3. The highest BCUT2D eigenvalue weighted by Crippen LogP contribution is 2.32. The van der Waals surface area contributed by atoms with Crippen molar-refractivity contribution in [3.8, 4) is 5.69 Å². The molecule has 11 heteroatoms. The van der Waals surface area contributed by atoms with Gasteiger partial charge in [0.1, 0.15) is 5.65 Å². The number of nitrogens with one attached hydrogen (secondary N) is 2. The molecule has 0 saturated carbocycles. The summed E-state index contributed by atoms with van der Waals surface area (Å²) in [6.45, 7) is 15.5. The second kappa shape index (κ2) is 16.2. The van der Waals surface area contributed by atoms with Gasteiger partial charge in [-0.1, -0.05) is 77.4 Å². The molecule has 9 N–H and O–H groups in total. The zero-order valence-corrected chi connectivity index (χ0v) is 28.8. The Labute approximate surface area is 277 Å². The number of H-pyrrole nitrogens is 1. The second-order valence-electron chi connectivity index (χ2n) is 13.6. The fourth-order valence-electron chi connectivity index (χ4n) is 4.81. The number of nitrogens with zero attached hydrogens (tertiary/aromatic N) is 3. The third-order valence-corrected chi connectivity index (χ3v) is 7.86. The number of nitrogens with two attached hydrogens (primary N) is 3. The van der Waals surface area contributed by atoms with E-state index in [1.165, 1.54) is 0 Å². The summed E-state index contributed by atoms with van der Waals surface area (Å²) in [4.78, 5) is 23.9. The number of hydrogen-bond acceptors (Lipinski definition) is 6. The molecular formula is C35H51ClN8O2. The monoisotopic (exact) mass is 650 g/mol. The summed E-state index contributed by atoms with van der Waals surface area (Å²) >= 11 is 6.19. The minimum absolute atomic E-state index is 0.0132. The van der Waals surface area contributed by atoms with Gasteiger partial charge in [-0.3, -0.25) is 9.56 Å². The zero-order chi connectivity index (χ0) is 34.1. The number of guanidine groups is 1. The van der Waals surface area contributed by atoms with Gasteiger partial charge in [-0.15, -0.1) is 0 Å². The summed E-state index contributed by atoms with van der Waals surface area (Å²) in [7, 11) is 0. The summed E-state index contributed by atoms with van der Waals surface area (Å²) in [5.74, 6) is 0.123. The molecule has 1 unspecified atom stereocenters. The number of aromatic amines is 1. The Kier molecular flexibility index (Phi) is 13.0. The summed E-state index contributed by atoms with van der Waals surface area (Å²) in [6, 6.07) is 15.7. The first kappa shape index (κ1) is 36.8. The quantitative estimate of drug-likeness (QED) is 0.0737. The molecule has 46 heavy (non-hydrogen) atoms. The predicted octanol–water partition coefficient (Wildman–Crippen LogP) is 5.17. The fourth-order valence-corrected chi connectivity index (χ4v) is 5.21. The summed E-state index contributed by atoms with van der Waals surface area (Å²) in [6.07, 6.45) is 3.78. The number of aliphatic imine (C=N–C) groups is 1. The van der Waals surface area contributed by atoms with E-state index in [1.807, 2.05) is 48.7 Å². The van der Waals surface area contributed by atoms with Gasteiger partial charge in [0.2, 0.25) is 0 Å². The molecular weight excluding hydrogens is 600 g/mol. The molecule has 0 aliphatic carbocycles. The van der Waals surface area contributed by atoms with Crippen LogP contribution < -0.4 is 28.2 Å². The minimum Gasteiger partial charge on any atom is -0.388 e. The average Bonchev–Trinajstić information content (AvgIpc) is 3.41. The number of hydrogen-bond donors (Lipinski definition) is 6. The van der Waals surface area contributed by atoms with Crippen LogP contribution in [-0.2, 0) is 17.4 Å². The molecule has 0 radical (unpaired) electrons. The minimum atomic E-state index is -0.447. The number of aromatic nitrogens is 3. The van der Waals surface area contributed by atoms with E-state index in [1.54, 1.807) is 4.57 Å². The maximum Gasteiger partial charge on any atom is 0.354 e. The molecule has 4 aromatic rings. The van der Waals surface area contributed by atoms with Gasteiger partial charge >= 0.3 is 5.69 Å². The first-order chi connectivity index (χ1) is 21.6. The highest BCUT2D eigenvalue weighted by molar-refractivity contribution is 6.31. The molecule has 0 spiro atoms.